The van der Waals surface area contributed by atoms with E-state index in [-0.39, 0.29) is 0 Å². The highest BCUT2D eigenvalue weighted by atomic mass is 79.9. The van der Waals surface area contributed by atoms with Crippen molar-refractivity contribution in [2.24, 2.45) is 0 Å². The molecule has 1 aromatic carbocycles. The number of aromatic amines is 1. The van der Waals surface area contributed by atoms with Crippen LogP contribution in [0.15, 0.2) is 41.0 Å². The van der Waals surface area contributed by atoms with Gasteiger partial charge in [-0.1, -0.05) is 15.9 Å². The summed E-state index contributed by atoms with van der Waals surface area (Å²) in [5.74, 6) is 0. The largest absolute Gasteiger partial charge is 0.378 e. The van der Waals surface area contributed by atoms with Crippen LogP contribution in [0.1, 0.15) is 11.3 Å². The molecule has 2 N–H and O–H groups in total. The first-order valence-electron chi connectivity index (χ1n) is 4.85. The predicted octanol–water partition coefficient (Wildman–Crippen LogP) is 3.26. The van der Waals surface area contributed by atoms with Crippen LogP contribution in [0, 0.1) is 11.3 Å². The van der Waals surface area contributed by atoms with Crippen molar-refractivity contribution >= 4 is 21.6 Å². The van der Waals surface area contributed by atoms with Crippen molar-refractivity contribution in [3.8, 4) is 6.07 Å². The number of nitriles is 1. The number of benzene rings is 1. The molecule has 0 spiro atoms. The molecule has 0 atom stereocenters. The molecule has 0 fully saturated rings. The minimum absolute atomic E-state index is 0.640. The number of anilines is 1. The number of nitrogens with zero attached hydrogens (tertiary/aromatic N) is 1. The zero-order valence-corrected chi connectivity index (χ0v) is 10.1. The van der Waals surface area contributed by atoms with Crippen LogP contribution in [0.2, 0.25) is 0 Å². The summed E-state index contributed by atoms with van der Waals surface area (Å²) in [7, 11) is 0. The monoisotopic (exact) mass is 275 g/mol. The van der Waals surface area contributed by atoms with Crippen LogP contribution in [0.4, 0.5) is 5.69 Å². The van der Waals surface area contributed by atoms with Crippen LogP contribution in [-0.4, -0.2) is 4.98 Å². The normalized spacial score (nSPS) is 9.75. The van der Waals surface area contributed by atoms with Gasteiger partial charge >= 0.3 is 0 Å². The fourth-order valence-electron chi connectivity index (χ4n) is 1.43. The Bertz CT molecular complexity index is 512. The third kappa shape index (κ3) is 2.44. The number of rotatable bonds is 3. The van der Waals surface area contributed by atoms with E-state index in [2.05, 4.69) is 32.3 Å². The molecule has 0 aliphatic carbocycles. The van der Waals surface area contributed by atoms with Crippen molar-refractivity contribution in [3.63, 3.8) is 0 Å². The Morgan fingerprint density at radius 1 is 1.38 bits per heavy atom. The fraction of sp³-hybridized carbons (Fsp3) is 0.0833. The highest BCUT2D eigenvalue weighted by Crippen LogP contribution is 2.20. The molecule has 1 aromatic heterocycles. The smallest absolute Gasteiger partial charge is 0.101 e. The number of hydrogen-bond acceptors (Lipinski definition) is 2. The van der Waals surface area contributed by atoms with Gasteiger partial charge in [0, 0.05) is 16.4 Å². The van der Waals surface area contributed by atoms with E-state index in [1.54, 1.807) is 6.07 Å². The Hall–Kier alpha value is -1.73. The van der Waals surface area contributed by atoms with Gasteiger partial charge in [-0.2, -0.15) is 5.26 Å². The summed E-state index contributed by atoms with van der Waals surface area (Å²) in [6.07, 6.45) is 1.88. The maximum Gasteiger partial charge on any atom is 0.101 e. The number of hydrogen-bond donors (Lipinski definition) is 2. The minimum atomic E-state index is 0.640. The molecule has 0 saturated carbocycles. The summed E-state index contributed by atoms with van der Waals surface area (Å²) in [5.41, 5.74) is 2.58. The highest BCUT2D eigenvalue weighted by molar-refractivity contribution is 9.10. The molecule has 0 bridgehead atoms. The Morgan fingerprint density at radius 2 is 2.25 bits per heavy atom. The topological polar surface area (TPSA) is 51.6 Å². The lowest BCUT2D eigenvalue weighted by Crippen LogP contribution is -2.01. The molecule has 0 unspecified atom stereocenters. The van der Waals surface area contributed by atoms with Gasteiger partial charge in [0.1, 0.15) is 6.07 Å². The lowest BCUT2D eigenvalue weighted by atomic mass is 10.2. The van der Waals surface area contributed by atoms with Crippen LogP contribution in [0.3, 0.4) is 0 Å². The average Bonchev–Trinajstić information content (AvgIpc) is 2.80. The summed E-state index contributed by atoms with van der Waals surface area (Å²) < 4.78 is 0.912. The minimum Gasteiger partial charge on any atom is -0.378 e. The van der Waals surface area contributed by atoms with Gasteiger partial charge in [0.25, 0.3) is 0 Å². The first-order valence-corrected chi connectivity index (χ1v) is 5.64. The van der Waals surface area contributed by atoms with Gasteiger partial charge in [0.15, 0.2) is 0 Å². The van der Waals surface area contributed by atoms with Crippen molar-refractivity contribution in [3.05, 3.63) is 52.3 Å². The molecule has 4 heteroatoms. The Labute approximate surface area is 102 Å². The summed E-state index contributed by atoms with van der Waals surface area (Å²) in [6, 6.07) is 11.7. The molecule has 2 aromatic rings. The highest BCUT2D eigenvalue weighted by Gasteiger charge is 2.02. The van der Waals surface area contributed by atoms with E-state index in [1.165, 1.54) is 0 Å². The maximum atomic E-state index is 8.98. The Balaban J connectivity index is 2.13. The van der Waals surface area contributed by atoms with E-state index in [0.717, 1.165) is 15.9 Å². The molecular formula is C12H10BrN3. The third-order valence-electron chi connectivity index (χ3n) is 2.23. The van der Waals surface area contributed by atoms with Crippen LogP contribution >= 0.6 is 15.9 Å². The molecule has 0 saturated heterocycles. The second-order valence-electron chi connectivity index (χ2n) is 3.35. The van der Waals surface area contributed by atoms with Crippen molar-refractivity contribution in [2.45, 2.75) is 6.54 Å². The lowest BCUT2D eigenvalue weighted by Gasteiger charge is -2.07. The quantitative estimate of drug-likeness (QED) is 0.904. The number of H-pyrrole nitrogens is 1. The molecule has 3 nitrogen and oxygen atoms in total. The number of halogens is 1. The predicted molar refractivity (Wildman–Crippen MR) is 67.0 cm³/mol. The van der Waals surface area contributed by atoms with E-state index in [0.29, 0.717) is 12.1 Å². The summed E-state index contributed by atoms with van der Waals surface area (Å²) in [5, 5.41) is 12.2. The summed E-state index contributed by atoms with van der Waals surface area (Å²) in [6.45, 7) is 0.684. The van der Waals surface area contributed by atoms with Crippen molar-refractivity contribution in [1.29, 1.82) is 5.26 Å². The Morgan fingerprint density at radius 3 is 2.94 bits per heavy atom. The molecule has 2 rings (SSSR count). The van der Waals surface area contributed by atoms with Crippen LogP contribution in [-0.2, 0) is 6.54 Å². The van der Waals surface area contributed by atoms with Gasteiger partial charge in [-0.15, -0.1) is 0 Å². The van der Waals surface area contributed by atoms with Gasteiger partial charge < -0.3 is 10.3 Å². The van der Waals surface area contributed by atoms with E-state index >= 15 is 0 Å². The zero-order valence-electron chi connectivity index (χ0n) is 8.50. The van der Waals surface area contributed by atoms with Crippen LogP contribution < -0.4 is 5.32 Å². The summed E-state index contributed by atoms with van der Waals surface area (Å²) in [4.78, 5) is 3.10. The van der Waals surface area contributed by atoms with E-state index in [4.69, 9.17) is 5.26 Å². The van der Waals surface area contributed by atoms with Gasteiger partial charge in [-0.25, -0.2) is 0 Å². The van der Waals surface area contributed by atoms with Crippen molar-refractivity contribution in [2.75, 3.05) is 5.32 Å². The van der Waals surface area contributed by atoms with Crippen LogP contribution in [0.25, 0.3) is 0 Å². The molecule has 1 heterocycles. The zero-order chi connectivity index (χ0) is 11.4. The second kappa shape index (κ2) is 4.86. The van der Waals surface area contributed by atoms with Gasteiger partial charge in [0.2, 0.25) is 0 Å². The van der Waals surface area contributed by atoms with E-state index < -0.39 is 0 Å². The molecule has 0 aliphatic heterocycles. The number of aromatic nitrogens is 1. The standard InChI is InChI=1S/C12H10BrN3/c13-10-3-4-12(9(6-10)7-14)16-8-11-2-1-5-15-11/h1-6,15-16H,8H2. The number of nitrogens with one attached hydrogen (secondary N) is 2. The van der Waals surface area contributed by atoms with E-state index in [9.17, 15) is 0 Å². The van der Waals surface area contributed by atoms with E-state index in [1.807, 2.05) is 30.5 Å². The molecular weight excluding hydrogens is 266 g/mol. The van der Waals surface area contributed by atoms with Crippen molar-refractivity contribution < 1.29 is 0 Å². The third-order valence-corrected chi connectivity index (χ3v) is 2.73. The first-order chi connectivity index (χ1) is 7.79. The fourth-order valence-corrected chi connectivity index (χ4v) is 1.79. The molecule has 0 radical (unpaired) electrons. The molecule has 16 heavy (non-hydrogen) atoms. The Kier molecular flexibility index (Phi) is 3.28. The molecule has 80 valence electrons. The SMILES string of the molecule is N#Cc1cc(Br)ccc1NCc1ccc[nH]1. The molecule has 0 amide bonds. The molecule has 0 aliphatic rings. The van der Waals surface area contributed by atoms with Gasteiger partial charge in [0.05, 0.1) is 17.8 Å². The van der Waals surface area contributed by atoms with Crippen LogP contribution in [0.5, 0.6) is 0 Å². The van der Waals surface area contributed by atoms with Gasteiger partial charge in [-0.3, -0.25) is 0 Å². The second-order valence-corrected chi connectivity index (χ2v) is 4.27. The van der Waals surface area contributed by atoms with Gasteiger partial charge in [-0.05, 0) is 30.3 Å². The average molecular weight is 276 g/mol. The maximum absolute atomic E-state index is 8.98. The van der Waals surface area contributed by atoms with Crippen molar-refractivity contribution in [1.82, 2.24) is 4.98 Å². The lowest BCUT2D eigenvalue weighted by molar-refractivity contribution is 1.07. The summed E-state index contributed by atoms with van der Waals surface area (Å²) >= 11 is 3.34. The first kappa shape index (κ1) is 10.8.